The van der Waals surface area contributed by atoms with Crippen molar-refractivity contribution in [1.29, 1.82) is 0 Å². The third-order valence-corrected chi connectivity index (χ3v) is 6.34. The minimum atomic E-state index is -0.0659. The Labute approximate surface area is 175 Å². The maximum absolute atomic E-state index is 13.0. The summed E-state index contributed by atoms with van der Waals surface area (Å²) in [6, 6.07) is 5.16. The van der Waals surface area contributed by atoms with Crippen molar-refractivity contribution in [1.82, 2.24) is 14.5 Å². The van der Waals surface area contributed by atoms with Crippen molar-refractivity contribution in [2.45, 2.75) is 51.7 Å². The first-order valence-corrected chi connectivity index (χ1v) is 11.3. The van der Waals surface area contributed by atoms with Gasteiger partial charge in [-0.2, -0.15) is 0 Å². The molecule has 152 valence electrons. The Bertz CT molecular complexity index is 912. The number of rotatable bonds is 6. The standard InChI is InChI=1S/C21H28ClN3O2S/c1-14(2)8-10-25-20(27)17-7-6-16(22)11-18(17)23-21(25)28-13-19(26)24-9-4-5-15(3)12-24/h6-7,11,14-15H,4-5,8-10,12-13H2,1-3H3. The van der Waals surface area contributed by atoms with Gasteiger partial charge in [-0.3, -0.25) is 14.2 Å². The van der Waals surface area contributed by atoms with Crippen molar-refractivity contribution >= 4 is 40.2 Å². The molecule has 1 saturated heterocycles. The van der Waals surface area contributed by atoms with Gasteiger partial charge in [0.25, 0.3) is 5.56 Å². The van der Waals surface area contributed by atoms with E-state index in [1.807, 2.05) is 4.90 Å². The first kappa shape index (κ1) is 21.2. The largest absolute Gasteiger partial charge is 0.342 e. The summed E-state index contributed by atoms with van der Waals surface area (Å²) in [6.07, 6.45) is 3.12. The van der Waals surface area contributed by atoms with Gasteiger partial charge in [-0.1, -0.05) is 44.1 Å². The summed E-state index contributed by atoms with van der Waals surface area (Å²) in [7, 11) is 0. The highest BCUT2D eigenvalue weighted by Gasteiger charge is 2.22. The number of hydrogen-bond donors (Lipinski definition) is 0. The summed E-state index contributed by atoms with van der Waals surface area (Å²) < 4.78 is 1.72. The Morgan fingerprint density at radius 2 is 2.18 bits per heavy atom. The fraction of sp³-hybridized carbons (Fsp3) is 0.571. The Kier molecular flexibility index (Phi) is 7.05. The molecule has 28 heavy (non-hydrogen) atoms. The molecule has 0 bridgehead atoms. The third kappa shape index (κ3) is 5.09. The van der Waals surface area contributed by atoms with Crippen LogP contribution in [0, 0.1) is 11.8 Å². The van der Waals surface area contributed by atoms with Crippen molar-refractivity contribution < 1.29 is 4.79 Å². The summed E-state index contributed by atoms with van der Waals surface area (Å²) in [6.45, 7) is 8.69. The SMILES string of the molecule is CC(C)CCn1c(SCC(=O)N2CCCC(C)C2)nc2cc(Cl)ccc2c1=O. The van der Waals surface area contributed by atoms with Gasteiger partial charge in [-0.25, -0.2) is 4.98 Å². The van der Waals surface area contributed by atoms with Gasteiger partial charge in [-0.05, 0) is 49.3 Å². The normalized spacial score (nSPS) is 17.5. The fourth-order valence-corrected chi connectivity index (χ4v) is 4.60. The van der Waals surface area contributed by atoms with Gasteiger partial charge in [0, 0.05) is 24.7 Å². The van der Waals surface area contributed by atoms with Gasteiger partial charge in [0.2, 0.25) is 5.91 Å². The molecule has 1 aromatic carbocycles. The zero-order valence-corrected chi connectivity index (χ0v) is 18.4. The van der Waals surface area contributed by atoms with Crippen LogP contribution in [-0.2, 0) is 11.3 Å². The summed E-state index contributed by atoms with van der Waals surface area (Å²) in [5.74, 6) is 1.44. The van der Waals surface area contributed by atoms with E-state index in [0.717, 1.165) is 25.9 Å². The van der Waals surface area contributed by atoms with Gasteiger partial charge < -0.3 is 4.90 Å². The Hall–Kier alpha value is -1.53. The highest BCUT2D eigenvalue weighted by molar-refractivity contribution is 7.99. The number of nitrogens with zero attached hydrogens (tertiary/aromatic N) is 3. The quantitative estimate of drug-likeness (QED) is 0.510. The zero-order chi connectivity index (χ0) is 20.3. The molecular formula is C21H28ClN3O2S. The maximum Gasteiger partial charge on any atom is 0.262 e. The summed E-state index contributed by atoms with van der Waals surface area (Å²) in [4.78, 5) is 32.3. The number of halogens is 1. The van der Waals surface area contributed by atoms with Crippen molar-refractivity contribution in [3.63, 3.8) is 0 Å². The highest BCUT2D eigenvalue weighted by atomic mass is 35.5. The number of piperidine rings is 1. The second-order valence-electron chi connectivity index (χ2n) is 8.07. The predicted molar refractivity (Wildman–Crippen MR) is 116 cm³/mol. The maximum atomic E-state index is 13.0. The van der Waals surface area contributed by atoms with Gasteiger partial charge in [0.15, 0.2) is 5.16 Å². The number of fused-ring (bicyclic) bond motifs is 1. The number of benzene rings is 1. The van der Waals surface area contributed by atoms with Crippen LogP contribution in [0.3, 0.4) is 0 Å². The van der Waals surface area contributed by atoms with E-state index in [2.05, 4.69) is 25.8 Å². The molecule has 2 heterocycles. The molecule has 0 saturated carbocycles. The van der Waals surface area contributed by atoms with Crippen LogP contribution in [0.1, 0.15) is 40.0 Å². The molecule has 1 amide bonds. The fourth-order valence-electron chi connectivity index (χ4n) is 3.50. The number of carbonyl (C=O) groups excluding carboxylic acids is 1. The van der Waals surface area contributed by atoms with Crippen LogP contribution < -0.4 is 5.56 Å². The molecule has 1 aliphatic heterocycles. The number of aromatic nitrogens is 2. The molecule has 1 unspecified atom stereocenters. The molecule has 5 nitrogen and oxygen atoms in total. The third-order valence-electron chi connectivity index (χ3n) is 5.15. The van der Waals surface area contributed by atoms with Crippen LogP contribution in [-0.4, -0.2) is 39.2 Å². The van der Waals surface area contributed by atoms with E-state index >= 15 is 0 Å². The molecule has 1 aliphatic rings. The van der Waals surface area contributed by atoms with Crippen molar-refractivity contribution in [3.8, 4) is 0 Å². The molecular weight excluding hydrogens is 394 g/mol. The average molecular weight is 422 g/mol. The lowest BCUT2D eigenvalue weighted by Crippen LogP contribution is -2.40. The molecule has 0 spiro atoms. The number of hydrogen-bond acceptors (Lipinski definition) is 4. The van der Waals surface area contributed by atoms with Gasteiger partial charge in [-0.15, -0.1) is 0 Å². The predicted octanol–water partition coefficient (Wildman–Crippen LogP) is 4.45. The molecule has 2 aromatic rings. The van der Waals surface area contributed by atoms with E-state index in [4.69, 9.17) is 11.6 Å². The molecule has 1 fully saturated rings. The van der Waals surface area contributed by atoms with Gasteiger partial charge >= 0.3 is 0 Å². The van der Waals surface area contributed by atoms with Crippen LogP contribution >= 0.6 is 23.4 Å². The Morgan fingerprint density at radius 1 is 1.39 bits per heavy atom. The second-order valence-corrected chi connectivity index (χ2v) is 9.45. The lowest BCUT2D eigenvalue weighted by Gasteiger charge is -2.30. The Balaban J connectivity index is 1.86. The molecule has 7 heteroatoms. The molecule has 0 N–H and O–H groups in total. The number of carbonyl (C=O) groups is 1. The monoisotopic (exact) mass is 421 g/mol. The van der Waals surface area contributed by atoms with Gasteiger partial charge in [0.1, 0.15) is 0 Å². The lowest BCUT2D eigenvalue weighted by molar-refractivity contribution is -0.130. The summed E-state index contributed by atoms with van der Waals surface area (Å²) >= 11 is 7.45. The smallest absolute Gasteiger partial charge is 0.262 e. The highest BCUT2D eigenvalue weighted by Crippen LogP contribution is 2.23. The van der Waals surface area contributed by atoms with Crippen LogP contribution in [0.15, 0.2) is 28.2 Å². The van der Waals surface area contributed by atoms with E-state index in [0.29, 0.717) is 45.2 Å². The topological polar surface area (TPSA) is 55.2 Å². The molecule has 1 atom stereocenters. The zero-order valence-electron chi connectivity index (χ0n) is 16.8. The van der Waals surface area contributed by atoms with Crippen molar-refractivity contribution in [2.24, 2.45) is 11.8 Å². The summed E-state index contributed by atoms with van der Waals surface area (Å²) in [5.41, 5.74) is 0.517. The molecule has 1 aromatic heterocycles. The van der Waals surface area contributed by atoms with Crippen molar-refractivity contribution in [3.05, 3.63) is 33.6 Å². The second kappa shape index (κ2) is 9.31. The first-order chi connectivity index (χ1) is 13.3. The van der Waals surface area contributed by atoms with E-state index < -0.39 is 0 Å². The molecule has 0 radical (unpaired) electrons. The van der Waals surface area contributed by atoms with Crippen LogP contribution in [0.2, 0.25) is 5.02 Å². The summed E-state index contributed by atoms with van der Waals surface area (Å²) in [5, 5.41) is 1.71. The van der Waals surface area contributed by atoms with Crippen LogP contribution in [0.25, 0.3) is 10.9 Å². The van der Waals surface area contributed by atoms with Gasteiger partial charge in [0.05, 0.1) is 16.7 Å². The van der Waals surface area contributed by atoms with Crippen LogP contribution in [0.4, 0.5) is 0 Å². The molecule has 0 aliphatic carbocycles. The van der Waals surface area contributed by atoms with E-state index in [9.17, 15) is 9.59 Å². The number of likely N-dealkylation sites (tertiary alicyclic amines) is 1. The van der Waals surface area contributed by atoms with E-state index in [-0.39, 0.29) is 11.5 Å². The van der Waals surface area contributed by atoms with E-state index in [1.165, 1.54) is 18.2 Å². The first-order valence-electron chi connectivity index (χ1n) is 9.96. The minimum Gasteiger partial charge on any atom is -0.342 e. The lowest BCUT2D eigenvalue weighted by atomic mass is 10.0. The number of amides is 1. The average Bonchev–Trinajstić information content (AvgIpc) is 2.65. The van der Waals surface area contributed by atoms with E-state index in [1.54, 1.807) is 22.8 Å². The Morgan fingerprint density at radius 3 is 2.89 bits per heavy atom. The van der Waals surface area contributed by atoms with Crippen molar-refractivity contribution in [2.75, 3.05) is 18.8 Å². The van der Waals surface area contributed by atoms with Crippen LogP contribution in [0.5, 0.6) is 0 Å². The molecule has 3 rings (SSSR count). The number of thioether (sulfide) groups is 1. The minimum absolute atomic E-state index is 0.0659.